The molecule has 0 radical (unpaired) electrons. The number of nitrogens with one attached hydrogen (secondary N) is 1. The first kappa shape index (κ1) is 17.3. The van der Waals surface area contributed by atoms with Crippen LogP contribution in [0.1, 0.15) is 35.6 Å². The van der Waals surface area contributed by atoms with Crippen LogP contribution in [0.25, 0.3) is 0 Å². The highest BCUT2D eigenvalue weighted by atomic mass is 16.5. The van der Waals surface area contributed by atoms with E-state index >= 15 is 0 Å². The van der Waals surface area contributed by atoms with Gasteiger partial charge in [0.2, 0.25) is 5.91 Å². The van der Waals surface area contributed by atoms with Gasteiger partial charge in [-0.2, -0.15) is 0 Å². The molecule has 2 aliphatic heterocycles. The fourth-order valence-electron chi connectivity index (χ4n) is 4.09. The molecule has 0 unspecified atom stereocenters. The summed E-state index contributed by atoms with van der Waals surface area (Å²) in [6, 6.07) is 4.05. The zero-order valence-electron chi connectivity index (χ0n) is 15.2. The Labute approximate surface area is 152 Å². The zero-order chi connectivity index (χ0) is 18.1. The second kappa shape index (κ2) is 7.25. The first-order chi connectivity index (χ1) is 12.6. The Morgan fingerprint density at radius 1 is 1.42 bits per heavy atom. The van der Waals surface area contributed by atoms with E-state index in [1.54, 1.807) is 6.26 Å². The van der Waals surface area contributed by atoms with Gasteiger partial charge in [0.05, 0.1) is 30.5 Å². The molecular weight excluding hydrogens is 334 g/mol. The molecule has 2 aromatic heterocycles. The lowest BCUT2D eigenvalue weighted by molar-refractivity contribution is -0.130. The summed E-state index contributed by atoms with van der Waals surface area (Å²) in [5, 5.41) is 7.05. The van der Waals surface area contributed by atoms with Crippen molar-refractivity contribution in [1.82, 2.24) is 15.4 Å². The van der Waals surface area contributed by atoms with Crippen molar-refractivity contribution in [2.24, 2.45) is 5.92 Å². The van der Waals surface area contributed by atoms with Crippen molar-refractivity contribution in [3.8, 4) is 0 Å². The third-order valence-electron chi connectivity index (χ3n) is 5.55. The fraction of sp³-hybridized carbons (Fsp3) is 0.579. The van der Waals surface area contributed by atoms with Crippen molar-refractivity contribution < 1.29 is 18.5 Å². The average Bonchev–Trinajstić information content (AvgIpc) is 3.37. The summed E-state index contributed by atoms with van der Waals surface area (Å²) >= 11 is 0. The molecule has 2 aliphatic rings. The lowest BCUT2D eigenvalue weighted by atomic mass is 9.89. The van der Waals surface area contributed by atoms with Crippen LogP contribution in [-0.2, 0) is 22.6 Å². The summed E-state index contributed by atoms with van der Waals surface area (Å²) in [6.45, 7) is 6.54. The second-order valence-corrected chi connectivity index (χ2v) is 7.23. The number of carbonyl (C=O) groups is 1. The van der Waals surface area contributed by atoms with E-state index in [1.165, 1.54) is 0 Å². The van der Waals surface area contributed by atoms with Crippen LogP contribution in [0.3, 0.4) is 0 Å². The number of ether oxygens (including phenoxy) is 1. The van der Waals surface area contributed by atoms with Crippen molar-refractivity contribution in [3.63, 3.8) is 0 Å². The molecule has 0 spiro atoms. The summed E-state index contributed by atoms with van der Waals surface area (Å²) < 4.78 is 16.5. The van der Waals surface area contributed by atoms with Crippen LogP contribution in [0.15, 0.2) is 27.3 Å². The molecule has 2 fully saturated rings. The van der Waals surface area contributed by atoms with Gasteiger partial charge in [0.15, 0.2) is 0 Å². The Bertz CT molecular complexity index is 735. The van der Waals surface area contributed by atoms with Crippen LogP contribution in [-0.4, -0.2) is 41.3 Å². The largest absolute Gasteiger partial charge is 0.467 e. The fourth-order valence-corrected chi connectivity index (χ4v) is 4.09. The van der Waals surface area contributed by atoms with Crippen molar-refractivity contribution in [1.29, 1.82) is 0 Å². The third kappa shape index (κ3) is 3.41. The first-order valence-corrected chi connectivity index (χ1v) is 9.19. The molecule has 2 aromatic rings. The molecule has 4 heterocycles. The molecule has 140 valence electrons. The molecule has 3 atom stereocenters. The van der Waals surface area contributed by atoms with Gasteiger partial charge in [-0.25, -0.2) is 0 Å². The molecule has 0 bridgehead atoms. The molecule has 0 saturated carbocycles. The van der Waals surface area contributed by atoms with Crippen LogP contribution < -0.4 is 5.32 Å². The number of nitrogens with zero attached hydrogens (tertiary/aromatic N) is 2. The van der Waals surface area contributed by atoms with Gasteiger partial charge in [0.25, 0.3) is 0 Å². The zero-order valence-corrected chi connectivity index (χ0v) is 15.2. The lowest BCUT2D eigenvalue weighted by Gasteiger charge is -2.40. The SMILES string of the molecule is Cc1noc(C)c1CN1C[C@H](C(=O)NCc2ccco2)C[C@@H]2OCC[C@@H]21. The van der Waals surface area contributed by atoms with E-state index in [9.17, 15) is 4.79 Å². The van der Waals surface area contributed by atoms with Crippen LogP contribution in [0.5, 0.6) is 0 Å². The van der Waals surface area contributed by atoms with Crippen LogP contribution in [0, 0.1) is 19.8 Å². The van der Waals surface area contributed by atoms with Crippen molar-refractivity contribution in [2.75, 3.05) is 13.2 Å². The first-order valence-electron chi connectivity index (χ1n) is 9.19. The number of carbonyl (C=O) groups excluding carboxylic acids is 1. The summed E-state index contributed by atoms with van der Waals surface area (Å²) in [5.74, 6) is 1.57. The molecule has 26 heavy (non-hydrogen) atoms. The molecule has 1 amide bonds. The van der Waals surface area contributed by atoms with Crippen LogP contribution in [0.2, 0.25) is 0 Å². The minimum atomic E-state index is -0.0928. The molecule has 7 heteroatoms. The van der Waals surface area contributed by atoms with Gasteiger partial charge in [0.1, 0.15) is 11.5 Å². The number of hydrogen-bond acceptors (Lipinski definition) is 6. The van der Waals surface area contributed by atoms with Crippen molar-refractivity contribution >= 4 is 5.91 Å². The number of furan rings is 1. The topological polar surface area (TPSA) is 80.7 Å². The Kier molecular flexibility index (Phi) is 4.82. The smallest absolute Gasteiger partial charge is 0.224 e. The highest BCUT2D eigenvalue weighted by molar-refractivity contribution is 5.79. The molecular formula is C19H25N3O4. The molecule has 2 saturated heterocycles. The van der Waals surface area contributed by atoms with Gasteiger partial charge < -0.3 is 19.0 Å². The average molecular weight is 359 g/mol. The Morgan fingerprint density at radius 2 is 2.31 bits per heavy atom. The summed E-state index contributed by atoms with van der Waals surface area (Å²) in [7, 11) is 0. The standard InChI is InChI=1S/C19H25N3O4/c1-12-16(13(2)26-21-12)11-22-10-14(8-18-17(22)5-7-25-18)19(23)20-9-15-4-3-6-24-15/h3-4,6,14,17-18H,5,7-11H2,1-2H3,(H,20,23)/t14-,17+,18+/m1/s1. The normalized spacial score (nSPS) is 26.0. The number of fused-ring (bicyclic) bond motifs is 1. The summed E-state index contributed by atoms with van der Waals surface area (Å²) in [5.41, 5.74) is 2.04. The quantitative estimate of drug-likeness (QED) is 0.881. The predicted octanol–water partition coefficient (Wildman–Crippen LogP) is 2.18. The monoisotopic (exact) mass is 359 g/mol. The second-order valence-electron chi connectivity index (χ2n) is 7.23. The van der Waals surface area contributed by atoms with Crippen LogP contribution >= 0.6 is 0 Å². The van der Waals surface area contributed by atoms with E-state index in [0.29, 0.717) is 12.6 Å². The highest BCUT2D eigenvalue weighted by Gasteiger charge is 2.42. The highest BCUT2D eigenvalue weighted by Crippen LogP contribution is 2.33. The molecule has 0 aromatic carbocycles. The maximum atomic E-state index is 12.7. The maximum absolute atomic E-state index is 12.7. The van der Waals surface area contributed by atoms with Gasteiger partial charge in [0, 0.05) is 31.3 Å². The lowest BCUT2D eigenvalue weighted by Crippen LogP contribution is -2.52. The summed E-state index contributed by atoms with van der Waals surface area (Å²) in [4.78, 5) is 15.1. The van der Waals surface area contributed by atoms with E-state index in [1.807, 2.05) is 26.0 Å². The van der Waals surface area contributed by atoms with Crippen LogP contribution in [0.4, 0.5) is 0 Å². The number of aromatic nitrogens is 1. The van der Waals surface area contributed by atoms with Gasteiger partial charge in [-0.15, -0.1) is 0 Å². The molecule has 7 nitrogen and oxygen atoms in total. The van der Waals surface area contributed by atoms with Gasteiger partial charge in [-0.3, -0.25) is 9.69 Å². The minimum absolute atomic E-state index is 0.0547. The van der Waals surface area contributed by atoms with Crippen molar-refractivity contribution in [3.05, 3.63) is 41.2 Å². The van der Waals surface area contributed by atoms with E-state index < -0.39 is 0 Å². The Balaban J connectivity index is 1.44. The molecule has 4 rings (SSSR count). The number of amides is 1. The van der Waals surface area contributed by atoms with Gasteiger partial charge >= 0.3 is 0 Å². The van der Waals surface area contributed by atoms with E-state index in [4.69, 9.17) is 13.7 Å². The van der Waals surface area contributed by atoms with Crippen molar-refractivity contribution in [2.45, 2.75) is 51.9 Å². The summed E-state index contributed by atoms with van der Waals surface area (Å²) in [6.07, 6.45) is 3.51. The number of hydrogen-bond donors (Lipinski definition) is 1. The maximum Gasteiger partial charge on any atom is 0.224 e. The number of likely N-dealkylation sites (tertiary alicyclic amines) is 1. The number of rotatable bonds is 5. The molecule has 1 N–H and O–H groups in total. The Morgan fingerprint density at radius 3 is 3.04 bits per heavy atom. The Hall–Kier alpha value is -2.12. The third-order valence-corrected chi connectivity index (χ3v) is 5.55. The minimum Gasteiger partial charge on any atom is -0.467 e. The number of aryl methyl sites for hydroxylation is 2. The number of piperidine rings is 1. The molecule has 0 aliphatic carbocycles. The van der Waals surface area contributed by atoms with E-state index in [2.05, 4.69) is 15.4 Å². The van der Waals surface area contributed by atoms with E-state index in [-0.39, 0.29) is 17.9 Å². The van der Waals surface area contributed by atoms with E-state index in [0.717, 1.165) is 55.3 Å². The van der Waals surface area contributed by atoms with Gasteiger partial charge in [-0.05, 0) is 38.8 Å². The van der Waals surface area contributed by atoms with Gasteiger partial charge in [-0.1, -0.05) is 5.16 Å². The predicted molar refractivity (Wildman–Crippen MR) is 93.2 cm³/mol.